The highest BCUT2D eigenvalue weighted by atomic mass is 32.2. The zero-order valence-corrected chi connectivity index (χ0v) is 15.1. The van der Waals surface area contributed by atoms with E-state index in [-0.39, 0.29) is 6.61 Å². The van der Waals surface area contributed by atoms with E-state index < -0.39 is 0 Å². The van der Waals surface area contributed by atoms with Gasteiger partial charge in [-0.15, -0.1) is 15.3 Å². The van der Waals surface area contributed by atoms with Gasteiger partial charge in [0.05, 0.1) is 5.75 Å². The van der Waals surface area contributed by atoms with E-state index in [0.717, 1.165) is 36.5 Å². The number of aryl methyl sites for hydroxylation is 2. The molecule has 0 saturated carbocycles. The molecule has 0 aliphatic heterocycles. The SMILES string of the molecule is CCCCn1nnnc1CSc1nnc(COc2cccc(C)c2)o1. The lowest BCUT2D eigenvalue weighted by atomic mass is 10.2. The van der Waals surface area contributed by atoms with E-state index in [0.29, 0.717) is 16.9 Å². The number of ether oxygens (including phenoxy) is 1. The molecule has 0 atom stereocenters. The molecular weight excluding hydrogens is 340 g/mol. The van der Waals surface area contributed by atoms with Crippen LogP contribution >= 0.6 is 11.8 Å². The summed E-state index contributed by atoms with van der Waals surface area (Å²) in [6, 6.07) is 7.82. The summed E-state index contributed by atoms with van der Waals surface area (Å²) in [5.74, 6) is 2.60. The van der Waals surface area contributed by atoms with Gasteiger partial charge in [0.2, 0.25) is 0 Å². The number of hydrogen-bond donors (Lipinski definition) is 0. The van der Waals surface area contributed by atoms with Crippen LogP contribution in [0.2, 0.25) is 0 Å². The summed E-state index contributed by atoms with van der Waals surface area (Å²) in [4.78, 5) is 0. The summed E-state index contributed by atoms with van der Waals surface area (Å²) in [7, 11) is 0. The van der Waals surface area contributed by atoms with Gasteiger partial charge in [-0.1, -0.05) is 37.2 Å². The van der Waals surface area contributed by atoms with Crippen molar-refractivity contribution in [2.75, 3.05) is 0 Å². The maximum atomic E-state index is 5.66. The Balaban J connectivity index is 1.51. The number of unbranched alkanes of at least 4 members (excludes halogenated alkanes) is 1. The quantitative estimate of drug-likeness (QED) is 0.538. The zero-order chi connectivity index (χ0) is 17.5. The average molecular weight is 360 g/mol. The molecule has 3 aromatic rings. The number of hydrogen-bond acceptors (Lipinski definition) is 8. The predicted molar refractivity (Wildman–Crippen MR) is 92.1 cm³/mol. The van der Waals surface area contributed by atoms with Gasteiger partial charge in [0.15, 0.2) is 12.4 Å². The van der Waals surface area contributed by atoms with Gasteiger partial charge in [0, 0.05) is 6.54 Å². The lowest BCUT2D eigenvalue weighted by molar-refractivity contribution is 0.252. The number of thioether (sulfide) groups is 1. The van der Waals surface area contributed by atoms with Crippen LogP contribution in [0.15, 0.2) is 33.9 Å². The Hall–Kier alpha value is -2.42. The summed E-state index contributed by atoms with van der Waals surface area (Å²) in [6.45, 7) is 5.21. The highest BCUT2D eigenvalue weighted by molar-refractivity contribution is 7.98. The van der Waals surface area contributed by atoms with Crippen molar-refractivity contribution in [2.24, 2.45) is 0 Å². The second-order valence-electron chi connectivity index (χ2n) is 5.53. The lowest BCUT2D eigenvalue weighted by Crippen LogP contribution is -2.04. The van der Waals surface area contributed by atoms with E-state index in [4.69, 9.17) is 9.15 Å². The Morgan fingerprint density at radius 3 is 3.00 bits per heavy atom. The Labute approximate surface area is 150 Å². The summed E-state index contributed by atoms with van der Waals surface area (Å²) in [5, 5.41) is 20.3. The third-order valence-electron chi connectivity index (χ3n) is 3.45. The van der Waals surface area contributed by atoms with E-state index in [1.807, 2.05) is 35.9 Å². The summed E-state index contributed by atoms with van der Waals surface area (Å²) in [6.07, 6.45) is 2.14. The number of rotatable bonds is 9. The van der Waals surface area contributed by atoms with E-state index >= 15 is 0 Å². The van der Waals surface area contributed by atoms with E-state index in [2.05, 4.69) is 32.6 Å². The van der Waals surface area contributed by atoms with Crippen molar-refractivity contribution >= 4 is 11.8 Å². The maximum Gasteiger partial charge on any atom is 0.277 e. The van der Waals surface area contributed by atoms with Gasteiger partial charge >= 0.3 is 0 Å². The maximum absolute atomic E-state index is 5.66. The van der Waals surface area contributed by atoms with Crippen LogP contribution in [-0.2, 0) is 18.9 Å². The molecule has 0 aliphatic rings. The molecule has 0 spiro atoms. The Kier molecular flexibility index (Phi) is 5.99. The smallest absolute Gasteiger partial charge is 0.277 e. The fourth-order valence-corrected chi connectivity index (χ4v) is 2.85. The highest BCUT2D eigenvalue weighted by Gasteiger charge is 2.11. The molecule has 3 rings (SSSR count). The highest BCUT2D eigenvalue weighted by Crippen LogP contribution is 2.21. The van der Waals surface area contributed by atoms with Gasteiger partial charge in [-0.25, -0.2) is 4.68 Å². The molecule has 0 bridgehead atoms. The summed E-state index contributed by atoms with van der Waals surface area (Å²) in [5.41, 5.74) is 1.14. The summed E-state index contributed by atoms with van der Waals surface area (Å²) < 4.78 is 13.1. The molecule has 0 radical (unpaired) electrons. The van der Waals surface area contributed by atoms with Crippen molar-refractivity contribution in [3.8, 4) is 5.75 Å². The molecule has 0 unspecified atom stereocenters. The first-order valence-electron chi connectivity index (χ1n) is 8.14. The van der Waals surface area contributed by atoms with Crippen molar-refractivity contribution in [2.45, 2.75) is 50.8 Å². The molecule has 132 valence electrons. The predicted octanol–water partition coefficient (Wildman–Crippen LogP) is 3.04. The molecule has 1 aromatic carbocycles. The van der Waals surface area contributed by atoms with Gasteiger partial charge in [-0.05, 0) is 41.5 Å². The molecule has 9 heteroatoms. The van der Waals surface area contributed by atoms with E-state index in [1.165, 1.54) is 11.8 Å². The van der Waals surface area contributed by atoms with Crippen LogP contribution in [-0.4, -0.2) is 30.4 Å². The van der Waals surface area contributed by atoms with E-state index in [1.54, 1.807) is 0 Å². The second kappa shape index (κ2) is 8.61. The van der Waals surface area contributed by atoms with Gasteiger partial charge < -0.3 is 9.15 Å². The first-order chi connectivity index (χ1) is 12.2. The standard InChI is InChI=1S/C16H20N6O2S/c1-3-4-8-22-14(17-20-21-22)11-25-16-19-18-15(24-16)10-23-13-7-5-6-12(2)9-13/h5-7,9H,3-4,8,10-11H2,1-2H3. The molecule has 2 aromatic heterocycles. The van der Waals surface area contributed by atoms with Crippen LogP contribution in [0.1, 0.15) is 37.0 Å². The number of benzene rings is 1. The lowest BCUT2D eigenvalue weighted by Gasteiger charge is -2.03. The minimum Gasteiger partial charge on any atom is -0.484 e. The third-order valence-corrected chi connectivity index (χ3v) is 4.27. The van der Waals surface area contributed by atoms with Gasteiger partial charge in [0.1, 0.15) is 5.75 Å². The monoisotopic (exact) mass is 360 g/mol. The molecule has 0 N–H and O–H groups in total. The largest absolute Gasteiger partial charge is 0.484 e. The molecular formula is C16H20N6O2S. The van der Waals surface area contributed by atoms with Gasteiger partial charge in [-0.2, -0.15) is 0 Å². The van der Waals surface area contributed by atoms with Crippen LogP contribution in [0.5, 0.6) is 5.75 Å². The minimum absolute atomic E-state index is 0.241. The topological polar surface area (TPSA) is 91.8 Å². The zero-order valence-electron chi connectivity index (χ0n) is 14.3. The van der Waals surface area contributed by atoms with Crippen LogP contribution in [0.3, 0.4) is 0 Å². The van der Waals surface area contributed by atoms with Crippen molar-refractivity contribution in [1.29, 1.82) is 0 Å². The molecule has 2 heterocycles. The third kappa shape index (κ3) is 5.02. The van der Waals surface area contributed by atoms with Gasteiger partial charge in [-0.3, -0.25) is 0 Å². The van der Waals surface area contributed by atoms with Gasteiger partial charge in [0.25, 0.3) is 11.1 Å². The van der Waals surface area contributed by atoms with Crippen LogP contribution in [0.25, 0.3) is 0 Å². The number of aromatic nitrogens is 6. The Bertz CT molecular complexity index is 803. The van der Waals surface area contributed by atoms with Crippen molar-refractivity contribution < 1.29 is 9.15 Å². The first-order valence-corrected chi connectivity index (χ1v) is 9.13. The van der Waals surface area contributed by atoms with Crippen LogP contribution < -0.4 is 4.74 Å². The normalized spacial score (nSPS) is 11.0. The molecule has 8 nitrogen and oxygen atoms in total. The Morgan fingerprint density at radius 1 is 1.24 bits per heavy atom. The van der Waals surface area contributed by atoms with Crippen molar-refractivity contribution in [3.05, 3.63) is 41.5 Å². The van der Waals surface area contributed by atoms with Crippen molar-refractivity contribution in [1.82, 2.24) is 30.4 Å². The Morgan fingerprint density at radius 2 is 2.16 bits per heavy atom. The number of tetrazole rings is 1. The molecule has 25 heavy (non-hydrogen) atoms. The molecule has 0 saturated heterocycles. The molecule has 0 aliphatic carbocycles. The first kappa shape index (κ1) is 17.4. The van der Waals surface area contributed by atoms with E-state index in [9.17, 15) is 0 Å². The summed E-state index contributed by atoms with van der Waals surface area (Å²) >= 11 is 1.41. The number of nitrogens with zero attached hydrogens (tertiary/aromatic N) is 6. The molecule has 0 amide bonds. The fraction of sp³-hybridized carbons (Fsp3) is 0.438. The van der Waals surface area contributed by atoms with Crippen LogP contribution in [0.4, 0.5) is 0 Å². The van der Waals surface area contributed by atoms with Crippen LogP contribution in [0, 0.1) is 6.92 Å². The minimum atomic E-state index is 0.241. The second-order valence-corrected chi connectivity index (χ2v) is 6.45. The molecule has 0 fully saturated rings. The average Bonchev–Trinajstić information content (AvgIpc) is 3.25. The fourth-order valence-electron chi connectivity index (χ4n) is 2.14. The van der Waals surface area contributed by atoms with Crippen molar-refractivity contribution in [3.63, 3.8) is 0 Å².